The Bertz CT molecular complexity index is 1250. The molecule has 69 heavy (non-hydrogen) atoms. The monoisotopic (exact) mass is 965 g/mol. The van der Waals surface area contributed by atoms with Crippen LogP contribution in [0.25, 0.3) is 0 Å². The van der Waals surface area contributed by atoms with Crippen molar-refractivity contribution in [3.8, 4) is 0 Å². The van der Waals surface area contributed by atoms with Crippen molar-refractivity contribution in [3.05, 3.63) is 60.8 Å². The molecule has 0 aromatic carbocycles. The molecule has 0 aromatic heterocycles. The molecule has 0 radical (unpaired) electrons. The minimum atomic E-state index is -0.772. The zero-order valence-corrected chi connectivity index (χ0v) is 45.8. The lowest BCUT2D eigenvalue weighted by atomic mass is 10.0. The van der Waals surface area contributed by atoms with Crippen LogP contribution < -0.4 is 0 Å². The normalized spacial score (nSPS) is 12.4. The Balaban J connectivity index is 4.01. The number of carbonyl (C=O) groups is 3. The second-order valence-electron chi connectivity index (χ2n) is 19.9. The number of hydrogen-bond donors (Lipinski definition) is 0. The Labute approximate surface area is 428 Å². The summed E-state index contributed by atoms with van der Waals surface area (Å²) in [5, 5.41) is 0. The summed E-state index contributed by atoms with van der Waals surface area (Å²) in [6, 6.07) is 0. The van der Waals surface area contributed by atoms with Gasteiger partial charge in [-0.2, -0.15) is 0 Å². The number of carbonyl (C=O) groups excluding carboxylic acids is 3. The van der Waals surface area contributed by atoms with E-state index in [1.807, 2.05) is 0 Å². The van der Waals surface area contributed by atoms with Gasteiger partial charge in [-0.3, -0.25) is 14.4 Å². The van der Waals surface area contributed by atoms with Gasteiger partial charge in [0.2, 0.25) is 0 Å². The van der Waals surface area contributed by atoms with Gasteiger partial charge < -0.3 is 14.2 Å². The molecule has 0 saturated carbocycles. The van der Waals surface area contributed by atoms with E-state index in [-0.39, 0.29) is 31.1 Å². The molecule has 6 nitrogen and oxygen atoms in total. The van der Waals surface area contributed by atoms with E-state index in [4.69, 9.17) is 14.2 Å². The van der Waals surface area contributed by atoms with Crippen molar-refractivity contribution in [2.75, 3.05) is 13.2 Å². The lowest BCUT2D eigenvalue weighted by Gasteiger charge is -2.18. The van der Waals surface area contributed by atoms with E-state index in [2.05, 4.69) is 81.5 Å². The lowest BCUT2D eigenvalue weighted by Crippen LogP contribution is -2.30. The second-order valence-corrected chi connectivity index (χ2v) is 19.9. The third-order valence-electron chi connectivity index (χ3n) is 13.0. The first kappa shape index (κ1) is 66.1. The summed E-state index contributed by atoms with van der Waals surface area (Å²) in [5.74, 6) is -0.875. The first-order chi connectivity index (χ1) is 34.0. The van der Waals surface area contributed by atoms with E-state index in [0.717, 1.165) is 89.9 Å². The van der Waals surface area contributed by atoms with Crippen LogP contribution in [-0.4, -0.2) is 37.2 Å². The predicted molar refractivity (Wildman–Crippen MR) is 298 cm³/mol. The fourth-order valence-electron chi connectivity index (χ4n) is 8.55. The average Bonchev–Trinajstić information content (AvgIpc) is 3.35. The number of hydrogen-bond acceptors (Lipinski definition) is 6. The summed E-state index contributed by atoms with van der Waals surface area (Å²) in [6.07, 6.45) is 72.5. The molecule has 0 spiro atoms. The third-order valence-corrected chi connectivity index (χ3v) is 13.0. The van der Waals surface area contributed by atoms with E-state index in [0.29, 0.717) is 19.3 Å². The van der Waals surface area contributed by atoms with Crippen LogP contribution in [0.1, 0.15) is 303 Å². The van der Waals surface area contributed by atoms with Crippen LogP contribution in [0.4, 0.5) is 0 Å². The molecule has 0 aliphatic heterocycles. The van der Waals surface area contributed by atoms with Crippen LogP contribution in [0, 0.1) is 0 Å². The summed E-state index contributed by atoms with van der Waals surface area (Å²) >= 11 is 0. The van der Waals surface area contributed by atoms with Crippen LogP contribution >= 0.6 is 0 Å². The molecule has 0 fully saturated rings. The van der Waals surface area contributed by atoms with Gasteiger partial charge in [0, 0.05) is 19.3 Å². The summed E-state index contributed by atoms with van der Waals surface area (Å²) in [4.78, 5) is 37.9. The molecule has 0 rings (SSSR count). The Kier molecular flexibility index (Phi) is 55.3. The zero-order valence-electron chi connectivity index (χ0n) is 45.8. The Morgan fingerprint density at radius 3 is 0.928 bits per heavy atom. The third kappa shape index (κ3) is 55.9. The molecule has 0 aromatic rings. The summed E-state index contributed by atoms with van der Waals surface area (Å²) in [6.45, 7) is 6.49. The molecular weight excluding hydrogens is 853 g/mol. The zero-order chi connectivity index (χ0) is 50.0. The number of esters is 3. The van der Waals surface area contributed by atoms with Gasteiger partial charge in [-0.25, -0.2) is 0 Å². The van der Waals surface area contributed by atoms with Gasteiger partial charge >= 0.3 is 17.9 Å². The molecular formula is C63H112O6. The maximum absolute atomic E-state index is 12.8. The first-order valence-electron chi connectivity index (χ1n) is 29.8. The van der Waals surface area contributed by atoms with Crippen LogP contribution in [0.2, 0.25) is 0 Å². The molecule has 0 aliphatic rings. The maximum Gasteiger partial charge on any atom is 0.306 e. The van der Waals surface area contributed by atoms with Crippen molar-refractivity contribution >= 4 is 17.9 Å². The highest BCUT2D eigenvalue weighted by Crippen LogP contribution is 2.17. The van der Waals surface area contributed by atoms with E-state index < -0.39 is 6.10 Å². The highest BCUT2D eigenvalue weighted by molar-refractivity contribution is 5.71. The van der Waals surface area contributed by atoms with Gasteiger partial charge in [0.1, 0.15) is 13.2 Å². The molecule has 0 saturated heterocycles. The summed E-state index contributed by atoms with van der Waals surface area (Å²) in [5.41, 5.74) is 0. The fraction of sp³-hybridized carbons (Fsp3) is 0.794. The molecule has 400 valence electrons. The Morgan fingerprint density at radius 2 is 0.565 bits per heavy atom. The van der Waals surface area contributed by atoms with E-state index in [1.54, 1.807) is 0 Å². The van der Waals surface area contributed by atoms with E-state index in [9.17, 15) is 14.4 Å². The first-order valence-corrected chi connectivity index (χ1v) is 29.8. The van der Waals surface area contributed by atoms with Gasteiger partial charge in [0.25, 0.3) is 0 Å². The minimum absolute atomic E-state index is 0.0732. The van der Waals surface area contributed by atoms with Crippen LogP contribution in [0.5, 0.6) is 0 Å². The van der Waals surface area contributed by atoms with Crippen LogP contribution in [-0.2, 0) is 28.6 Å². The van der Waals surface area contributed by atoms with Crippen molar-refractivity contribution in [2.45, 2.75) is 309 Å². The van der Waals surface area contributed by atoms with E-state index >= 15 is 0 Å². The van der Waals surface area contributed by atoms with Gasteiger partial charge in [-0.15, -0.1) is 0 Å². The SMILES string of the molecule is CC/C=C\C/C=C\C/C=C\C/C=C\CCCCCCCCCCCCCCCCCCCCC(=O)OCC(COC(=O)CCCCCCCCCC)OC(=O)CCCCCCC/C=C\CCCCC. The lowest BCUT2D eigenvalue weighted by molar-refractivity contribution is -0.167. The number of rotatable bonds is 54. The number of unbranched alkanes of at least 4 members (excludes halogenated alkanes) is 33. The molecule has 0 bridgehead atoms. The van der Waals surface area contributed by atoms with Crippen molar-refractivity contribution in [1.29, 1.82) is 0 Å². The minimum Gasteiger partial charge on any atom is -0.462 e. The summed E-state index contributed by atoms with van der Waals surface area (Å²) in [7, 11) is 0. The average molecular weight is 966 g/mol. The van der Waals surface area contributed by atoms with Gasteiger partial charge in [-0.05, 0) is 83.5 Å². The highest BCUT2D eigenvalue weighted by Gasteiger charge is 2.19. The quantitative estimate of drug-likeness (QED) is 0.0262. The van der Waals surface area contributed by atoms with Crippen molar-refractivity contribution in [2.24, 2.45) is 0 Å². The smallest absolute Gasteiger partial charge is 0.306 e. The Morgan fingerprint density at radius 1 is 0.304 bits per heavy atom. The number of ether oxygens (including phenoxy) is 3. The fourth-order valence-corrected chi connectivity index (χ4v) is 8.55. The topological polar surface area (TPSA) is 78.9 Å². The van der Waals surface area contributed by atoms with E-state index in [1.165, 1.54) is 173 Å². The van der Waals surface area contributed by atoms with Gasteiger partial charge in [0.15, 0.2) is 6.10 Å². The highest BCUT2D eigenvalue weighted by atomic mass is 16.6. The predicted octanol–water partition coefficient (Wildman–Crippen LogP) is 20.0. The molecule has 6 heteroatoms. The second kappa shape index (κ2) is 57.7. The molecule has 0 N–H and O–H groups in total. The molecule has 1 unspecified atom stereocenters. The largest absolute Gasteiger partial charge is 0.462 e. The van der Waals surface area contributed by atoms with Gasteiger partial charge in [-0.1, -0.05) is 261 Å². The molecule has 0 amide bonds. The van der Waals surface area contributed by atoms with Crippen LogP contribution in [0.3, 0.4) is 0 Å². The molecule has 0 heterocycles. The van der Waals surface area contributed by atoms with Crippen molar-refractivity contribution < 1.29 is 28.6 Å². The Hall–Kier alpha value is -2.89. The molecule has 1 atom stereocenters. The van der Waals surface area contributed by atoms with Crippen LogP contribution in [0.15, 0.2) is 60.8 Å². The standard InChI is InChI=1S/C63H112O6/c1-4-7-10-13-16-19-21-23-24-25-26-27-28-29-30-31-32-33-34-35-36-37-38-39-40-41-43-44-47-50-53-56-62(65)68-59-60(58-67-61(64)55-52-49-46-18-15-12-9-6-3)69-63(66)57-54-51-48-45-42-22-20-17-14-11-8-5-2/h7,10,16-17,19-20,23-24,26-27,60H,4-6,8-9,11-15,18,21-22,25,28-59H2,1-3H3/b10-7-,19-16-,20-17-,24-23-,27-26-. The van der Waals surface area contributed by atoms with Gasteiger partial charge in [0.05, 0.1) is 0 Å². The maximum atomic E-state index is 12.8. The number of allylic oxidation sites excluding steroid dienone is 10. The molecule has 0 aliphatic carbocycles. The van der Waals surface area contributed by atoms with Crippen molar-refractivity contribution in [1.82, 2.24) is 0 Å². The van der Waals surface area contributed by atoms with Crippen molar-refractivity contribution in [3.63, 3.8) is 0 Å². The summed E-state index contributed by atoms with van der Waals surface area (Å²) < 4.78 is 16.8.